The Morgan fingerprint density at radius 2 is 2.00 bits per heavy atom. The van der Waals surface area contributed by atoms with E-state index < -0.39 is 0 Å². The first-order valence-electron chi connectivity index (χ1n) is 7.27. The van der Waals surface area contributed by atoms with E-state index in [9.17, 15) is 4.79 Å². The number of carbonyl (C=O) groups is 1. The van der Waals surface area contributed by atoms with Gasteiger partial charge in [-0.05, 0) is 42.2 Å². The van der Waals surface area contributed by atoms with Crippen LogP contribution in [0.3, 0.4) is 0 Å². The highest BCUT2D eigenvalue weighted by atomic mass is 16.5. The number of nitrogens with one attached hydrogen (secondary N) is 1. The summed E-state index contributed by atoms with van der Waals surface area (Å²) >= 11 is 0. The van der Waals surface area contributed by atoms with Crippen molar-refractivity contribution in [2.24, 2.45) is 5.10 Å². The molecule has 2 rings (SSSR count). The summed E-state index contributed by atoms with van der Waals surface area (Å²) in [5.41, 5.74) is 5.75. The topological polar surface area (TPSA) is 50.7 Å². The predicted molar refractivity (Wildman–Crippen MR) is 88.2 cm³/mol. The van der Waals surface area contributed by atoms with Crippen LogP contribution >= 0.6 is 0 Å². The van der Waals surface area contributed by atoms with Crippen LogP contribution in [-0.4, -0.2) is 18.7 Å². The van der Waals surface area contributed by atoms with Gasteiger partial charge in [0.1, 0.15) is 5.75 Å². The molecule has 0 fully saturated rings. The van der Waals surface area contributed by atoms with Crippen molar-refractivity contribution in [2.45, 2.75) is 20.3 Å². The maximum atomic E-state index is 11.6. The summed E-state index contributed by atoms with van der Waals surface area (Å²) in [5, 5.41) is 3.92. The average Bonchev–Trinajstić information content (AvgIpc) is 2.54. The molecule has 1 amide bonds. The molecule has 0 saturated carbocycles. The molecule has 2 aromatic rings. The number of ether oxygens (including phenoxy) is 1. The Balaban J connectivity index is 1.78. The Labute approximate surface area is 130 Å². The van der Waals surface area contributed by atoms with Crippen LogP contribution in [0, 0.1) is 6.92 Å². The van der Waals surface area contributed by atoms with Crippen molar-refractivity contribution < 1.29 is 9.53 Å². The lowest BCUT2D eigenvalue weighted by atomic mass is 10.1. The summed E-state index contributed by atoms with van der Waals surface area (Å²) in [5.74, 6) is 0.386. The fourth-order valence-corrected chi connectivity index (χ4v) is 1.90. The van der Waals surface area contributed by atoms with Crippen LogP contribution in [-0.2, 0) is 11.2 Å². The van der Waals surface area contributed by atoms with Crippen molar-refractivity contribution in [2.75, 3.05) is 6.61 Å². The van der Waals surface area contributed by atoms with Crippen LogP contribution in [0.4, 0.5) is 0 Å². The van der Waals surface area contributed by atoms with Crippen molar-refractivity contribution in [3.05, 3.63) is 65.2 Å². The lowest BCUT2D eigenvalue weighted by molar-refractivity contribution is -0.123. The molecule has 0 aromatic heterocycles. The van der Waals surface area contributed by atoms with E-state index in [1.807, 2.05) is 55.5 Å². The Morgan fingerprint density at radius 1 is 1.23 bits per heavy atom. The van der Waals surface area contributed by atoms with Gasteiger partial charge in [-0.1, -0.05) is 43.3 Å². The highest BCUT2D eigenvalue weighted by molar-refractivity contribution is 5.82. The van der Waals surface area contributed by atoms with E-state index in [2.05, 4.69) is 17.5 Å². The van der Waals surface area contributed by atoms with Crippen LogP contribution in [0.15, 0.2) is 53.6 Å². The molecule has 4 nitrogen and oxygen atoms in total. The average molecular weight is 296 g/mol. The van der Waals surface area contributed by atoms with Crippen molar-refractivity contribution in [1.29, 1.82) is 0 Å². The van der Waals surface area contributed by atoms with Gasteiger partial charge < -0.3 is 4.74 Å². The number of hydrazone groups is 1. The third-order valence-electron chi connectivity index (χ3n) is 3.15. The Hall–Kier alpha value is -2.62. The molecule has 0 aliphatic rings. The minimum atomic E-state index is -0.289. The molecule has 0 heterocycles. The summed E-state index contributed by atoms with van der Waals surface area (Å²) in [6.07, 6.45) is 2.62. The number of hydrogen-bond acceptors (Lipinski definition) is 3. The number of hydrogen-bond donors (Lipinski definition) is 1. The summed E-state index contributed by atoms with van der Waals surface area (Å²) in [4.78, 5) is 11.6. The first-order chi connectivity index (χ1) is 10.7. The molecule has 1 N–H and O–H groups in total. The van der Waals surface area contributed by atoms with Crippen LogP contribution < -0.4 is 10.2 Å². The smallest absolute Gasteiger partial charge is 0.277 e. The zero-order valence-corrected chi connectivity index (χ0v) is 12.9. The fraction of sp³-hybridized carbons (Fsp3) is 0.222. The van der Waals surface area contributed by atoms with E-state index >= 15 is 0 Å². The number of nitrogens with zero attached hydrogens (tertiary/aromatic N) is 1. The molecule has 0 atom stereocenters. The van der Waals surface area contributed by atoms with E-state index in [1.165, 1.54) is 5.56 Å². The van der Waals surface area contributed by atoms with E-state index in [4.69, 9.17) is 4.74 Å². The molecule has 114 valence electrons. The van der Waals surface area contributed by atoms with Gasteiger partial charge in [0.2, 0.25) is 0 Å². The maximum Gasteiger partial charge on any atom is 0.277 e. The second kappa shape index (κ2) is 7.98. The van der Waals surface area contributed by atoms with Crippen LogP contribution in [0.2, 0.25) is 0 Å². The first kappa shape index (κ1) is 15.8. The number of rotatable bonds is 6. The number of amides is 1. The minimum absolute atomic E-state index is 0.0600. The monoisotopic (exact) mass is 296 g/mol. The van der Waals surface area contributed by atoms with Crippen molar-refractivity contribution in [3.63, 3.8) is 0 Å². The SMILES string of the molecule is CCc1ccc(/C=N/NC(=O)COc2cccc(C)c2)cc1. The van der Waals surface area contributed by atoms with Gasteiger partial charge in [0.15, 0.2) is 6.61 Å². The molecule has 0 spiro atoms. The lowest BCUT2D eigenvalue weighted by Crippen LogP contribution is -2.24. The highest BCUT2D eigenvalue weighted by Gasteiger charge is 2.01. The number of carbonyl (C=O) groups excluding carboxylic acids is 1. The van der Waals surface area contributed by atoms with Crippen molar-refractivity contribution in [1.82, 2.24) is 5.43 Å². The van der Waals surface area contributed by atoms with Crippen LogP contribution in [0.25, 0.3) is 0 Å². The van der Waals surface area contributed by atoms with Gasteiger partial charge in [0, 0.05) is 0 Å². The normalized spacial score (nSPS) is 10.6. The summed E-state index contributed by atoms with van der Waals surface area (Å²) in [6.45, 7) is 4.02. The summed E-state index contributed by atoms with van der Waals surface area (Å²) in [7, 11) is 0. The standard InChI is InChI=1S/C18H20N2O2/c1-3-15-7-9-16(10-8-15)12-19-20-18(21)13-22-17-6-4-5-14(2)11-17/h4-12H,3,13H2,1-2H3,(H,20,21)/b19-12+. The third-order valence-corrected chi connectivity index (χ3v) is 3.15. The van der Waals surface area contributed by atoms with Crippen LogP contribution in [0.5, 0.6) is 5.75 Å². The molecule has 0 aliphatic carbocycles. The molecular formula is C18H20N2O2. The van der Waals surface area contributed by atoms with Crippen LogP contribution in [0.1, 0.15) is 23.6 Å². The zero-order valence-electron chi connectivity index (χ0n) is 12.9. The molecule has 4 heteroatoms. The van der Waals surface area contributed by atoms with Gasteiger partial charge in [-0.2, -0.15) is 5.10 Å². The van der Waals surface area contributed by atoms with Crippen molar-refractivity contribution in [3.8, 4) is 5.75 Å². The van der Waals surface area contributed by atoms with Gasteiger partial charge in [-0.3, -0.25) is 4.79 Å². The molecular weight excluding hydrogens is 276 g/mol. The third kappa shape index (κ3) is 5.05. The maximum absolute atomic E-state index is 11.6. The van der Waals surface area contributed by atoms with Crippen molar-refractivity contribution >= 4 is 12.1 Å². The van der Waals surface area contributed by atoms with Gasteiger partial charge in [0.25, 0.3) is 5.91 Å². The lowest BCUT2D eigenvalue weighted by Gasteiger charge is -2.05. The largest absolute Gasteiger partial charge is 0.484 e. The molecule has 2 aromatic carbocycles. The number of benzene rings is 2. The molecule has 22 heavy (non-hydrogen) atoms. The van der Waals surface area contributed by atoms with Gasteiger partial charge in [0.05, 0.1) is 6.21 Å². The highest BCUT2D eigenvalue weighted by Crippen LogP contribution is 2.11. The number of aryl methyl sites for hydroxylation is 2. The summed E-state index contributed by atoms with van der Waals surface area (Å²) in [6, 6.07) is 15.6. The minimum Gasteiger partial charge on any atom is -0.484 e. The molecule has 0 aliphatic heterocycles. The molecule has 0 saturated heterocycles. The first-order valence-corrected chi connectivity index (χ1v) is 7.27. The van der Waals surface area contributed by atoms with Gasteiger partial charge >= 0.3 is 0 Å². The summed E-state index contributed by atoms with van der Waals surface area (Å²) < 4.78 is 5.40. The Bertz CT molecular complexity index is 648. The second-order valence-electron chi connectivity index (χ2n) is 4.99. The molecule has 0 bridgehead atoms. The van der Waals surface area contributed by atoms with E-state index in [1.54, 1.807) is 6.21 Å². The zero-order chi connectivity index (χ0) is 15.8. The second-order valence-corrected chi connectivity index (χ2v) is 4.99. The Kier molecular flexibility index (Phi) is 5.72. The van der Waals surface area contributed by atoms with E-state index in [0.29, 0.717) is 5.75 Å². The fourth-order valence-electron chi connectivity index (χ4n) is 1.90. The van der Waals surface area contributed by atoms with E-state index in [-0.39, 0.29) is 12.5 Å². The van der Waals surface area contributed by atoms with E-state index in [0.717, 1.165) is 17.5 Å². The quantitative estimate of drug-likeness (QED) is 0.658. The van der Waals surface area contributed by atoms with Gasteiger partial charge in [-0.15, -0.1) is 0 Å². The molecule has 0 unspecified atom stereocenters. The Morgan fingerprint density at radius 3 is 2.68 bits per heavy atom. The van der Waals surface area contributed by atoms with Gasteiger partial charge in [-0.25, -0.2) is 5.43 Å². The molecule has 0 radical (unpaired) electrons. The predicted octanol–water partition coefficient (Wildman–Crippen LogP) is 3.09.